The van der Waals surface area contributed by atoms with Crippen molar-refractivity contribution in [3.8, 4) is 0 Å². The Labute approximate surface area is 190 Å². The van der Waals surface area contributed by atoms with Crippen LogP contribution in [0.4, 0.5) is 0 Å². The average molecular weight is 433 g/mol. The van der Waals surface area contributed by atoms with Gasteiger partial charge in [-0.05, 0) is 42.1 Å². The van der Waals surface area contributed by atoms with Gasteiger partial charge >= 0.3 is 0 Å². The summed E-state index contributed by atoms with van der Waals surface area (Å²) in [6.07, 6.45) is 1.98. The predicted octanol–water partition coefficient (Wildman–Crippen LogP) is 5.78. The molecule has 31 heavy (non-hydrogen) atoms. The molecule has 1 atom stereocenters. The van der Waals surface area contributed by atoms with E-state index in [1.807, 2.05) is 59.5 Å². The number of halogens is 1. The Balaban J connectivity index is 1.47. The van der Waals surface area contributed by atoms with Crippen LogP contribution >= 0.6 is 11.6 Å². The molecule has 1 heterocycles. The molecule has 0 aliphatic carbocycles. The van der Waals surface area contributed by atoms with E-state index in [1.54, 1.807) is 0 Å². The first-order valence-corrected chi connectivity index (χ1v) is 11.4. The Morgan fingerprint density at radius 3 is 2.06 bits per heavy atom. The lowest BCUT2D eigenvalue weighted by molar-refractivity contribution is -0.138. The van der Waals surface area contributed by atoms with Gasteiger partial charge in [-0.25, -0.2) is 0 Å². The minimum Gasteiger partial charge on any atom is -0.334 e. The van der Waals surface area contributed by atoms with Crippen molar-refractivity contribution >= 4 is 17.5 Å². The second-order valence-corrected chi connectivity index (χ2v) is 8.74. The first kappa shape index (κ1) is 21.6. The molecule has 4 rings (SSSR count). The van der Waals surface area contributed by atoms with Crippen molar-refractivity contribution in [1.82, 2.24) is 9.80 Å². The lowest BCUT2D eigenvalue weighted by atomic mass is 9.95. The molecular weight excluding hydrogens is 404 g/mol. The van der Waals surface area contributed by atoms with Gasteiger partial charge in [0.05, 0.1) is 5.92 Å². The molecule has 0 N–H and O–H groups in total. The largest absolute Gasteiger partial charge is 0.334 e. The number of rotatable bonds is 7. The molecule has 0 spiro atoms. The van der Waals surface area contributed by atoms with Crippen LogP contribution in [0.2, 0.25) is 5.02 Å². The van der Waals surface area contributed by atoms with Gasteiger partial charge in [0.2, 0.25) is 5.91 Å². The van der Waals surface area contributed by atoms with Gasteiger partial charge < -0.3 is 4.90 Å². The van der Waals surface area contributed by atoms with Crippen molar-refractivity contribution in [2.75, 3.05) is 13.1 Å². The SMILES string of the molecule is O=C([C@@H]1CCCN(Cc2ccccc2Cl)C1)N(Cc1ccccc1)Cc1ccccc1. The highest BCUT2D eigenvalue weighted by atomic mass is 35.5. The molecule has 0 bridgehead atoms. The van der Waals surface area contributed by atoms with E-state index in [-0.39, 0.29) is 11.8 Å². The van der Waals surface area contributed by atoms with E-state index in [0.29, 0.717) is 13.1 Å². The second-order valence-electron chi connectivity index (χ2n) is 8.33. The molecule has 4 heteroatoms. The summed E-state index contributed by atoms with van der Waals surface area (Å²) in [5.74, 6) is 0.264. The number of amides is 1. The highest BCUT2D eigenvalue weighted by Gasteiger charge is 2.29. The Bertz CT molecular complexity index is 935. The molecule has 0 saturated carbocycles. The summed E-state index contributed by atoms with van der Waals surface area (Å²) in [7, 11) is 0. The number of hydrogen-bond acceptors (Lipinski definition) is 2. The van der Waals surface area contributed by atoms with E-state index in [0.717, 1.165) is 54.2 Å². The van der Waals surface area contributed by atoms with Crippen molar-refractivity contribution in [2.45, 2.75) is 32.5 Å². The van der Waals surface area contributed by atoms with Gasteiger partial charge in [0.15, 0.2) is 0 Å². The number of nitrogens with zero attached hydrogens (tertiary/aromatic N) is 2. The molecule has 160 valence electrons. The molecule has 0 radical (unpaired) electrons. The van der Waals surface area contributed by atoms with E-state index in [2.05, 4.69) is 35.2 Å². The fourth-order valence-electron chi connectivity index (χ4n) is 4.35. The standard InChI is InChI=1S/C27H29ClN2O/c28-26-16-8-7-14-24(26)20-29-17-9-15-25(21-29)27(31)30(18-22-10-3-1-4-11-22)19-23-12-5-2-6-13-23/h1-8,10-14,16,25H,9,15,17-21H2/t25-/m1/s1. The smallest absolute Gasteiger partial charge is 0.227 e. The van der Waals surface area contributed by atoms with Gasteiger partial charge in [-0.2, -0.15) is 0 Å². The molecule has 0 unspecified atom stereocenters. The van der Waals surface area contributed by atoms with Crippen LogP contribution in [0.5, 0.6) is 0 Å². The number of hydrogen-bond donors (Lipinski definition) is 0. The van der Waals surface area contributed by atoms with Crippen LogP contribution in [0, 0.1) is 5.92 Å². The molecular formula is C27H29ClN2O. The van der Waals surface area contributed by atoms with E-state index in [9.17, 15) is 4.79 Å². The van der Waals surface area contributed by atoms with Crippen LogP contribution in [0.15, 0.2) is 84.9 Å². The summed E-state index contributed by atoms with van der Waals surface area (Å²) in [6.45, 7) is 3.85. The van der Waals surface area contributed by atoms with Crippen molar-refractivity contribution in [2.24, 2.45) is 5.92 Å². The molecule has 3 nitrogen and oxygen atoms in total. The van der Waals surface area contributed by atoms with Crippen LogP contribution in [-0.2, 0) is 24.4 Å². The highest BCUT2D eigenvalue weighted by Crippen LogP contribution is 2.24. The zero-order valence-electron chi connectivity index (χ0n) is 17.8. The quantitative estimate of drug-likeness (QED) is 0.472. The minimum atomic E-state index is 0.0173. The Morgan fingerprint density at radius 1 is 0.871 bits per heavy atom. The number of carbonyl (C=O) groups excluding carboxylic acids is 1. The third-order valence-corrected chi connectivity index (χ3v) is 6.32. The molecule has 3 aromatic carbocycles. The molecule has 1 saturated heterocycles. The van der Waals surface area contributed by atoms with Gasteiger partial charge in [-0.1, -0.05) is 90.5 Å². The topological polar surface area (TPSA) is 23.6 Å². The third kappa shape index (κ3) is 5.96. The number of benzene rings is 3. The van der Waals surface area contributed by atoms with Crippen LogP contribution < -0.4 is 0 Å². The van der Waals surface area contributed by atoms with E-state index < -0.39 is 0 Å². The molecule has 1 fully saturated rings. The van der Waals surface area contributed by atoms with Crippen molar-refractivity contribution < 1.29 is 4.79 Å². The highest BCUT2D eigenvalue weighted by molar-refractivity contribution is 6.31. The Kier molecular flexibility index (Phi) is 7.39. The second kappa shape index (κ2) is 10.6. The van der Waals surface area contributed by atoms with Crippen molar-refractivity contribution in [1.29, 1.82) is 0 Å². The van der Waals surface area contributed by atoms with Crippen LogP contribution in [0.1, 0.15) is 29.5 Å². The van der Waals surface area contributed by atoms with Gasteiger partial charge in [-0.15, -0.1) is 0 Å². The molecule has 1 aliphatic rings. The fraction of sp³-hybridized carbons (Fsp3) is 0.296. The Morgan fingerprint density at radius 2 is 1.45 bits per heavy atom. The summed E-state index contributed by atoms with van der Waals surface area (Å²) in [4.78, 5) is 18.0. The lowest BCUT2D eigenvalue weighted by Gasteiger charge is -2.35. The molecule has 1 aliphatic heterocycles. The normalized spacial score (nSPS) is 16.7. The summed E-state index contributed by atoms with van der Waals surface area (Å²) < 4.78 is 0. The van der Waals surface area contributed by atoms with E-state index in [4.69, 9.17) is 11.6 Å². The van der Waals surface area contributed by atoms with Crippen molar-refractivity contribution in [3.05, 3.63) is 107 Å². The van der Waals surface area contributed by atoms with Gasteiger partial charge in [0.1, 0.15) is 0 Å². The van der Waals surface area contributed by atoms with Gasteiger partial charge in [-0.3, -0.25) is 9.69 Å². The van der Waals surface area contributed by atoms with Crippen molar-refractivity contribution in [3.63, 3.8) is 0 Å². The summed E-state index contributed by atoms with van der Waals surface area (Å²) in [5.41, 5.74) is 3.45. The lowest BCUT2D eigenvalue weighted by Crippen LogP contribution is -2.44. The summed E-state index contributed by atoms with van der Waals surface area (Å²) >= 11 is 6.37. The summed E-state index contributed by atoms with van der Waals surface area (Å²) in [6, 6.07) is 28.5. The van der Waals surface area contributed by atoms with Crippen LogP contribution in [-0.4, -0.2) is 28.8 Å². The number of carbonyl (C=O) groups is 1. The summed E-state index contributed by atoms with van der Waals surface area (Å²) in [5, 5.41) is 0.797. The Hall–Kier alpha value is -2.62. The maximum Gasteiger partial charge on any atom is 0.227 e. The molecule has 3 aromatic rings. The predicted molar refractivity (Wildman–Crippen MR) is 127 cm³/mol. The van der Waals surface area contributed by atoms with E-state index in [1.165, 1.54) is 0 Å². The van der Waals surface area contributed by atoms with E-state index >= 15 is 0 Å². The van der Waals surface area contributed by atoms with Crippen LogP contribution in [0.25, 0.3) is 0 Å². The monoisotopic (exact) mass is 432 g/mol. The van der Waals surface area contributed by atoms with Gasteiger partial charge in [0.25, 0.3) is 0 Å². The number of likely N-dealkylation sites (tertiary alicyclic amines) is 1. The molecule has 1 amide bonds. The van der Waals surface area contributed by atoms with Gasteiger partial charge in [0, 0.05) is 31.2 Å². The number of piperidine rings is 1. The third-order valence-electron chi connectivity index (χ3n) is 5.95. The first-order chi connectivity index (χ1) is 15.2. The molecule has 0 aromatic heterocycles. The fourth-order valence-corrected chi connectivity index (χ4v) is 4.54. The average Bonchev–Trinajstić information content (AvgIpc) is 2.81. The zero-order valence-corrected chi connectivity index (χ0v) is 18.5. The van der Waals surface area contributed by atoms with Crippen LogP contribution in [0.3, 0.4) is 0 Å². The first-order valence-electron chi connectivity index (χ1n) is 11.0. The minimum absolute atomic E-state index is 0.0173. The maximum atomic E-state index is 13.6. The zero-order chi connectivity index (χ0) is 21.5. The maximum absolute atomic E-state index is 13.6.